The molecule has 190 valence electrons. The van der Waals surface area contributed by atoms with E-state index in [4.69, 9.17) is 9.66 Å². The number of nitrogens with zero attached hydrogens (tertiary/aromatic N) is 3. The van der Waals surface area contributed by atoms with Crippen LogP contribution in [0.2, 0.25) is 0 Å². The van der Waals surface area contributed by atoms with Crippen LogP contribution in [-0.4, -0.2) is 99.5 Å². The van der Waals surface area contributed by atoms with Crippen LogP contribution in [0.15, 0.2) is 24.3 Å². The molecule has 0 radical (unpaired) electrons. The van der Waals surface area contributed by atoms with Crippen LogP contribution in [0.25, 0.3) is 0 Å². The Balaban J connectivity index is 0.000000509. The highest BCUT2D eigenvalue weighted by molar-refractivity contribution is 7.84. The van der Waals surface area contributed by atoms with E-state index in [0.29, 0.717) is 9.87 Å². The molecule has 0 spiro atoms. The number of nitrogens with one attached hydrogen (secondary N) is 1. The quantitative estimate of drug-likeness (QED) is 0.294. The second kappa shape index (κ2) is 11.5. The van der Waals surface area contributed by atoms with Crippen molar-refractivity contribution >= 4 is 28.2 Å². The van der Waals surface area contributed by atoms with Crippen LogP contribution in [0.3, 0.4) is 0 Å². The van der Waals surface area contributed by atoms with Crippen LogP contribution in [0.1, 0.15) is 32.8 Å². The smallest absolute Gasteiger partial charge is 0.405 e. The van der Waals surface area contributed by atoms with E-state index in [1.807, 2.05) is 0 Å². The third-order valence-electron chi connectivity index (χ3n) is 5.98. The summed E-state index contributed by atoms with van der Waals surface area (Å²) in [5, 5.41) is 20.4. The number of hydrogen-bond donors (Lipinski definition) is 4. The van der Waals surface area contributed by atoms with E-state index in [1.165, 1.54) is 43.9 Å². The van der Waals surface area contributed by atoms with Crippen molar-refractivity contribution in [3.8, 4) is 5.75 Å². The van der Waals surface area contributed by atoms with E-state index in [0.717, 1.165) is 4.90 Å². The van der Waals surface area contributed by atoms with Gasteiger partial charge >= 0.3 is 16.4 Å². The van der Waals surface area contributed by atoms with E-state index in [-0.39, 0.29) is 25.1 Å². The number of carbonyl (C=O) groups is 3. The van der Waals surface area contributed by atoms with Gasteiger partial charge in [-0.25, -0.2) is 9.10 Å². The topological polar surface area (TPSA) is 168 Å². The second-order valence-corrected chi connectivity index (χ2v) is 9.23. The number of carbonyl (C=O) groups excluding carboxylic acids is 2. The summed E-state index contributed by atoms with van der Waals surface area (Å²) in [5.41, 5.74) is 0.579. The van der Waals surface area contributed by atoms with Gasteiger partial charge in [0.15, 0.2) is 0 Å². The number of hydrogen-bond acceptors (Lipinski definition) is 7. The standard InChI is InChI=1S/C15H17N3O8S.C6H15N/c19-9-3-1-8(2-4-9)7-10(16-15(22)23)13(20)17-6-5-11-12(17)14(21)18(11)27(24,25)26;1-4-7(5-2)6-3/h1-4,10-12,16,19H,5-7H2,(H,22,23)(H,24,25,26);4-6H2,1-3H3/t10-,11+,12-;/m0./s1. The zero-order valence-electron chi connectivity index (χ0n) is 19.4. The van der Waals surface area contributed by atoms with E-state index >= 15 is 0 Å². The summed E-state index contributed by atoms with van der Waals surface area (Å²) in [6.07, 6.45) is -1.29. The Labute approximate surface area is 199 Å². The van der Waals surface area contributed by atoms with Crippen molar-refractivity contribution < 1.29 is 37.6 Å². The zero-order chi connectivity index (χ0) is 25.6. The molecule has 34 heavy (non-hydrogen) atoms. The van der Waals surface area contributed by atoms with Crippen molar-refractivity contribution in [3.05, 3.63) is 29.8 Å². The number of fused-ring (bicyclic) bond motifs is 1. The van der Waals surface area contributed by atoms with E-state index < -0.39 is 46.3 Å². The van der Waals surface area contributed by atoms with E-state index in [9.17, 15) is 27.9 Å². The normalized spacial score (nSPS) is 20.2. The Morgan fingerprint density at radius 3 is 2.15 bits per heavy atom. The average Bonchev–Trinajstić information content (AvgIpc) is 3.13. The highest BCUT2D eigenvalue weighted by Crippen LogP contribution is 2.36. The van der Waals surface area contributed by atoms with E-state index in [1.54, 1.807) is 0 Å². The predicted octanol–water partition coefficient (Wildman–Crippen LogP) is 0.534. The number of phenolic OH excluding ortho intramolecular Hbond substituents is 1. The first-order chi connectivity index (χ1) is 15.9. The first kappa shape index (κ1) is 27.3. The van der Waals surface area contributed by atoms with Gasteiger partial charge in [-0.2, -0.15) is 8.42 Å². The maximum absolute atomic E-state index is 12.8. The van der Waals surface area contributed by atoms with Crippen molar-refractivity contribution in [1.29, 1.82) is 0 Å². The Morgan fingerprint density at radius 1 is 1.15 bits per heavy atom. The van der Waals surface area contributed by atoms with Gasteiger partial charge in [-0.3, -0.25) is 14.1 Å². The fourth-order valence-electron chi connectivity index (χ4n) is 4.15. The lowest BCUT2D eigenvalue weighted by Gasteiger charge is -2.43. The lowest BCUT2D eigenvalue weighted by atomic mass is 9.99. The molecule has 4 N–H and O–H groups in total. The number of aromatic hydroxyl groups is 1. The molecule has 0 bridgehead atoms. The largest absolute Gasteiger partial charge is 0.508 e. The highest BCUT2D eigenvalue weighted by Gasteiger charge is 2.60. The summed E-state index contributed by atoms with van der Waals surface area (Å²) in [5.74, 6) is -1.58. The molecule has 13 heteroatoms. The van der Waals surface area contributed by atoms with Gasteiger partial charge in [0, 0.05) is 13.0 Å². The van der Waals surface area contributed by atoms with Gasteiger partial charge in [0.05, 0.1) is 6.04 Å². The molecule has 2 aliphatic heterocycles. The summed E-state index contributed by atoms with van der Waals surface area (Å²) < 4.78 is 31.9. The minimum Gasteiger partial charge on any atom is -0.508 e. The maximum Gasteiger partial charge on any atom is 0.405 e. The summed E-state index contributed by atoms with van der Waals surface area (Å²) in [4.78, 5) is 39.5. The predicted molar refractivity (Wildman–Crippen MR) is 123 cm³/mol. The third kappa shape index (κ3) is 6.36. The summed E-state index contributed by atoms with van der Waals surface area (Å²) in [6, 6.07) is 2.75. The molecule has 12 nitrogen and oxygen atoms in total. The van der Waals surface area contributed by atoms with Gasteiger partial charge in [0.25, 0.3) is 5.91 Å². The monoisotopic (exact) mass is 500 g/mol. The maximum atomic E-state index is 12.8. The van der Waals surface area contributed by atoms with Crippen molar-refractivity contribution in [2.45, 2.75) is 51.7 Å². The number of carboxylic acid groups (broad SMARTS) is 1. The van der Waals surface area contributed by atoms with E-state index in [2.05, 4.69) is 31.0 Å². The van der Waals surface area contributed by atoms with Gasteiger partial charge in [-0.1, -0.05) is 32.9 Å². The molecule has 3 amide bonds. The molecule has 3 atom stereocenters. The van der Waals surface area contributed by atoms with Crippen LogP contribution in [0.4, 0.5) is 4.79 Å². The number of β-lactam (4-membered cyclic amide) rings is 1. The van der Waals surface area contributed by atoms with Crippen molar-refractivity contribution in [2.75, 3.05) is 26.2 Å². The fourth-order valence-corrected chi connectivity index (χ4v) is 5.05. The summed E-state index contributed by atoms with van der Waals surface area (Å²) >= 11 is 0. The molecule has 2 fully saturated rings. The van der Waals surface area contributed by atoms with Gasteiger partial charge in [0.2, 0.25) is 5.91 Å². The Hall–Kier alpha value is -2.90. The molecule has 2 saturated heterocycles. The van der Waals surface area contributed by atoms with Gasteiger partial charge in [0.1, 0.15) is 17.8 Å². The lowest BCUT2D eigenvalue weighted by molar-refractivity contribution is -0.152. The third-order valence-corrected chi connectivity index (χ3v) is 6.93. The Bertz CT molecular complexity index is 975. The Morgan fingerprint density at radius 2 is 1.71 bits per heavy atom. The van der Waals surface area contributed by atoms with Crippen LogP contribution < -0.4 is 5.32 Å². The SMILES string of the molecule is CCN(CC)CC.O=C(O)N[C@@H](Cc1ccc(O)cc1)C(=O)N1CC[C@@H]2[C@H]1C(=O)N2S(=O)(=O)O. The molecule has 0 aliphatic carbocycles. The molecule has 1 aromatic rings. The van der Waals surface area contributed by atoms with Crippen LogP contribution in [0.5, 0.6) is 5.75 Å². The number of likely N-dealkylation sites (tertiary alicyclic amines) is 1. The molecule has 1 aromatic carbocycles. The Kier molecular flexibility index (Phi) is 9.24. The molecule has 3 rings (SSSR count). The van der Waals surface area contributed by atoms with Crippen molar-refractivity contribution in [1.82, 2.24) is 19.4 Å². The molecular weight excluding hydrogens is 468 g/mol. The highest BCUT2D eigenvalue weighted by atomic mass is 32.2. The van der Waals surface area contributed by atoms with Gasteiger partial charge in [-0.05, 0) is 43.8 Å². The van der Waals surface area contributed by atoms with Crippen LogP contribution in [-0.2, 0) is 26.3 Å². The molecule has 0 saturated carbocycles. The minimum absolute atomic E-state index is 0.0144. The first-order valence-electron chi connectivity index (χ1n) is 11.0. The van der Waals surface area contributed by atoms with Crippen molar-refractivity contribution in [2.24, 2.45) is 0 Å². The zero-order valence-corrected chi connectivity index (χ0v) is 20.2. The summed E-state index contributed by atoms with van der Waals surface area (Å²) in [6.45, 7) is 10.2. The van der Waals surface area contributed by atoms with Crippen LogP contribution >= 0.6 is 0 Å². The number of benzene rings is 1. The average molecular weight is 501 g/mol. The molecule has 2 aliphatic rings. The molecule has 0 unspecified atom stereocenters. The molecule has 2 heterocycles. The minimum atomic E-state index is -4.70. The summed E-state index contributed by atoms with van der Waals surface area (Å²) in [7, 11) is -4.70. The second-order valence-electron chi connectivity index (χ2n) is 7.94. The molecule has 0 aromatic heterocycles. The number of amides is 3. The molecular formula is C21H32N4O8S. The fraction of sp³-hybridized carbons (Fsp3) is 0.571. The first-order valence-corrected chi connectivity index (χ1v) is 12.4. The van der Waals surface area contributed by atoms with Gasteiger partial charge < -0.3 is 25.3 Å². The number of rotatable bonds is 8. The van der Waals surface area contributed by atoms with Gasteiger partial charge in [-0.15, -0.1) is 0 Å². The van der Waals surface area contributed by atoms with Crippen molar-refractivity contribution in [3.63, 3.8) is 0 Å². The lowest BCUT2D eigenvalue weighted by Crippen LogP contribution is -2.69. The van der Waals surface area contributed by atoms with Crippen LogP contribution in [0, 0.1) is 0 Å². The number of phenols is 1.